The van der Waals surface area contributed by atoms with Crippen molar-refractivity contribution in [1.82, 2.24) is 0 Å². The quantitative estimate of drug-likeness (QED) is 0.472. The van der Waals surface area contributed by atoms with Crippen molar-refractivity contribution in [3.8, 4) is 5.75 Å². The zero-order valence-electron chi connectivity index (χ0n) is 8.37. The van der Waals surface area contributed by atoms with Crippen LogP contribution in [0.25, 0.3) is 0 Å². The second-order valence-electron chi connectivity index (χ2n) is 2.60. The molecule has 1 aromatic rings. The van der Waals surface area contributed by atoms with Crippen molar-refractivity contribution in [3.63, 3.8) is 0 Å². The molecule has 9 heteroatoms. The average molecular weight is 352 g/mol. The van der Waals surface area contributed by atoms with Gasteiger partial charge in [-0.3, -0.25) is 0 Å². The fourth-order valence-electron chi connectivity index (χ4n) is 0.844. The summed E-state index contributed by atoms with van der Waals surface area (Å²) < 4.78 is 15.3. The molecule has 0 aromatic heterocycles. The van der Waals surface area contributed by atoms with Crippen LogP contribution in [0.5, 0.6) is 5.75 Å². The maximum absolute atomic E-state index is 5.91. The lowest BCUT2D eigenvalue weighted by molar-refractivity contribution is 0.273. The van der Waals surface area contributed by atoms with Crippen molar-refractivity contribution < 1.29 is 13.6 Å². The van der Waals surface area contributed by atoms with Gasteiger partial charge < -0.3 is 13.6 Å². The fraction of sp³-hybridized carbons (Fsp3) is 0.250. The Morgan fingerprint density at radius 3 is 1.94 bits per heavy atom. The predicted molar refractivity (Wildman–Crippen MR) is 80.3 cm³/mol. The van der Waals surface area contributed by atoms with E-state index in [9.17, 15) is 0 Å². The molecule has 96 valence electrons. The highest BCUT2D eigenvalue weighted by Crippen LogP contribution is 2.50. The van der Waals surface area contributed by atoms with Crippen LogP contribution in [-0.2, 0) is 20.9 Å². The van der Waals surface area contributed by atoms with E-state index in [2.05, 4.69) is 0 Å². The number of rotatable bonds is 4. The summed E-state index contributed by atoms with van der Waals surface area (Å²) in [5.41, 5.74) is 0. The van der Waals surface area contributed by atoms with Crippen molar-refractivity contribution in [2.45, 2.75) is 0 Å². The fourth-order valence-corrected chi connectivity index (χ4v) is 2.40. The van der Waals surface area contributed by atoms with E-state index in [1.165, 1.54) is 26.4 Å². The van der Waals surface area contributed by atoms with Gasteiger partial charge in [0.1, 0.15) is 5.75 Å². The highest BCUT2D eigenvalue weighted by molar-refractivity contribution is 8.07. The summed E-state index contributed by atoms with van der Waals surface area (Å²) >= 11 is 22.5. The number of benzene rings is 1. The van der Waals surface area contributed by atoms with E-state index < -0.39 is 6.72 Å². The van der Waals surface area contributed by atoms with E-state index in [0.29, 0.717) is 10.0 Å². The third kappa shape index (κ3) is 4.87. The van der Waals surface area contributed by atoms with Gasteiger partial charge >= 0.3 is 6.72 Å². The second-order valence-corrected chi connectivity index (χ2v) is 6.97. The molecule has 0 aliphatic carbocycles. The van der Waals surface area contributed by atoms with Crippen LogP contribution in [0.4, 0.5) is 0 Å². The molecule has 0 atom stereocenters. The first-order valence-electron chi connectivity index (χ1n) is 3.97. The standard InChI is InChI=1S/C8H8Cl3O3PS.Al.3H/c1-12-15(16,13-2)14-8-4-6(10)5(9)3-7(8)11;;;;/h3-4H,1-2H3;;;;. The van der Waals surface area contributed by atoms with Crippen LogP contribution in [0.2, 0.25) is 15.1 Å². The van der Waals surface area contributed by atoms with Crippen molar-refractivity contribution in [1.29, 1.82) is 0 Å². The average Bonchev–Trinajstić information content (AvgIpc) is 2.25. The maximum Gasteiger partial charge on any atom is 0.380 e. The monoisotopic (exact) mass is 350 g/mol. The van der Waals surface area contributed by atoms with Gasteiger partial charge in [0, 0.05) is 32.1 Å². The smallest absolute Gasteiger partial charge is 0.380 e. The Balaban J connectivity index is 0.00000256. The van der Waals surface area contributed by atoms with Gasteiger partial charge in [0.05, 0.1) is 15.1 Å². The minimum Gasteiger partial charge on any atom is -0.422 e. The molecule has 0 aliphatic rings. The molecule has 0 bridgehead atoms. The summed E-state index contributed by atoms with van der Waals surface area (Å²) in [6.45, 7) is -2.82. The van der Waals surface area contributed by atoms with Crippen LogP contribution in [0.3, 0.4) is 0 Å². The van der Waals surface area contributed by atoms with E-state index in [-0.39, 0.29) is 28.1 Å². The Kier molecular flexibility index (Phi) is 7.99. The van der Waals surface area contributed by atoms with E-state index in [4.69, 9.17) is 60.2 Å². The SMILES string of the molecule is COP(=S)(OC)Oc1cc(Cl)c(Cl)cc1Cl.[AlH3]. The minimum absolute atomic E-state index is 0. The Labute approximate surface area is 131 Å². The lowest BCUT2D eigenvalue weighted by Crippen LogP contribution is -1.97. The first-order chi connectivity index (χ1) is 7.41. The molecule has 1 aromatic carbocycles. The number of hydrogen-bond acceptors (Lipinski definition) is 4. The Morgan fingerprint density at radius 1 is 1.00 bits per heavy atom. The van der Waals surface area contributed by atoms with Crippen LogP contribution < -0.4 is 4.52 Å². The van der Waals surface area contributed by atoms with Crippen molar-refractivity contribution in [3.05, 3.63) is 27.2 Å². The lowest BCUT2D eigenvalue weighted by atomic mass is 10.3. The maximum atomic E-state index is 5.91. The summed E-state index contributed by atoms with van der Waals surface area (Å²) in [6, 6.07) is 2.93. The molecule has 0 fully saturated rings. The molecule has 0 spiro atoms. The third-order valence-corrected chi connectivity index (χ3v) is 5.08. The van der Waals surface area contributed by atoms with Crippen molar-refractivity contribution in [2.24, 2.45) is 0 Å². The van der Waals surface area contributed by atoms with Crippen LogP contribution in [0, 0.1) is 0 Å². The molecular formula is C8H11AlCl3O3PS. The largest absolute Gasteiger partial charge is 0.422 e. The molecule has 17 heavy (non-hydrogen) atoms. The van der Waals surface area contributed by atoms with Crippen LogP contribution >= 0.6 is 41.5 Å². The van der Waals surface area contributed by atoms with Gasteiger partial charge in [-0.2, -0.15) is 0 Å². The summed E-state index contributed by atoms with van der Waals surface area (Å²) in [6.07, 6.45) is 0. The molecule has 0 saturated heterocycles. The molecule has 1 rings (SSSR count). The number of hydrogen-bond donors (Lipinski definition) is 0. The Hall–Kier alpha value is 0.992. The molecule has 3 nitrogen and oxygen atoms in total. The summed E-state index contributed by atoms with van der Waals surface area (Å²) in [5.74, 6) is 0.281. The molecule has 0 unspecified atom stereocenters. The molecule has 0 amide bonds. The predicted octanol–water partition coefficient (Wildman–Crippen LogP) is 3.36. The molecule has 0 radical (unpaired) electrons. The lowest BCUT2D eigenvalue weighted by Gasteiger charge is -2.19. The first kappa shape index (κ1) is 18.0. The van der Waals surface area contributed by atoms with E-state index in [1.807, 2.05) is 0 Å². The summed E-state index contributed by atoms with van der Waals surface area (Å²) in [7, 11) is 2.80. The number of halogens is 3. The van der Waals surface area contributed by atoms with Crippen LogP contribution in [-0.4, -0.2) is 31.6 Å². The van der Waals surface area contributed by atoms with Crippen molar-refractivity contribution in [2.75, 3.05) is 14.2 Å². The second kappa shape index (κ2) is 7.55. The molecule has 0 N–H and O–H groups in total. The third-order valence-electron chi connectivity index (χ3n) is 1.63. The highest BCUT2D eigenvalue weighted by atomic mass is 35.5. The molecule has 0 aliphatic heterocycles. The van der Waals surface area contributed by atoms with Crippen LogP contribution in [0.1, 0.15) is 0 Å². The Morgan fingerprint density at radius 2 is 1.47 bits per heavy atom. The van der Waals surface area contributed by atoms with E-state index >= 15 is 0 Å². The summed E-state index contributed by atoms with van der Waals surface area (Å²) in [4.78, 5) is 0. The van der Waals surface area contributed by atoms with Crippen LogP contribution in [0.15, 0.2) is 12.1 Å². The van der Waals surface area contributed by atoms with Gasteiger partial charge in [-0.15, -0.1) is 0 Å². The Bertz CT molecular complexity index is 438. The minimum atomic E-state index is -2.82. The van der Waals surface area contributed by atoms with Gasteiger partial charge in [-0.25, -0.2) is 0 Å². The van der Waals surface area contributed by atoms with E-state index in [1.54, 1.807) is 0 Å². The zero-order chi connectivity index (χ0) is 12.3. The molecule has 0 saturated carbocycles. The zero-order valence-corrected chi connectivity index (χ0v) is 12.3. The van der Waals surface area contributed by atoms with Gasteiger partial charge in [-0.1, -0.05) is 34.8 Å². The van der Waals surface area contributed by atoms with Gasteiger partial charge in [0.15, 0.2) is 17.4 Å². The molecule has 0 heterocycles. The summed E-state index contributed by atoms with van der Waals surface area (Å²) in [5, 5.41) is 0.940. The van der Waals surface area contributed by atoms with E-state index in [0.717, 1.165) is 0 Å². The van der Waals surface area contributed by atoms with Crippen molar-refractivity contribution >= 4 is 70.7 Å². The molecular weight excluding hydrogens is 340 g/mol. The first-order valence-corrected chi connectivity index (χ1v) is 7.66. The van der Waals surface area contributed by atoms with Gasteiger partial charge in [0.25, 0.3) is 0 Å². The highest BCUT2D eigenvalue weighted by Gasteiger charge is 2.20. The normalized spacial score (nSPS) is 10.9. The van der Waals surface area contributed by atoms with Gasteiger partial charge in [0.2, 0.25) is 0 Å². The van der Waals surface area contributed by atoms with Gasteiger partial charge in [-0.05, 0) is 6.07 Å². The topological polar surface area (TPSA) is 27.7 Å².